The first-order chi connectivity index (χ1) is 10.6. The highest BCUT2D eigenvalue weighted by atomic mass is 32.2. The molecule has 1 atom stereocenters. The number of nitrogens with zero attached hydrogens (tertiary/aromatic N) is 4. The molecule has 0 saturated carbocycles. The molecule has 0 unspecified atom stereocenters. The minimum Gasteiger partial charge on any atom is -0.382 e. The minimum atomic E-state index is -3.48. The van der Waals surface area contributed by atoms with Gasteiger partial charge in [-0.15, -0.1) is 0 Å². The molecule has 1 aliphatic rings. The Kier molecular flexibility index (Phi) is 4.08. The van der Waals surface area contributed by atoms with Crippen LogP contribution in [0.1, 0.15) is 18.5 Å². The molecule has 1 saturated heterocycles. The largest absolute Gasteiger partial charge is 0.382 e. The molecule has 0 radical (unpaired) electrons. The number of hydrogen-bond acceptors (Lipinski definition) is 6. The molecule has 118 valence electrons. The fourth-order valence-corrected chi connectivity index (χ4v) is 4.21. The molecule has 3 N–H and O–H groups in total. The van der Waals surface area contributed by atoms with Crippen molar-refractivity contribution in [2.24, 2.45) is 5.92 Å². The Labute approximate surface area is 128 Å². The number of H-pyrrole nitrogens is 1. The Bertz CT molecular complexity index is 731. The van der Waals surface area contributed by atoms with Gasteiger partial charge in [-0.2, -0.15) is 9.40 Å². The molecule has 2 aromatic heterocycles. The van der Waals surface area contributed by atoms with Crippen molar-refractivity contribution in [1.82, 2.24) is 24.5 Å². The zero-order valence-electron chi connectivity index (χ0n) is 12.0. The van der Waals surface area contributed by atoms with Gasteiger partial charge in [0.1, 0.15) is 10.7 Å². The lowest BCUT2D eigenvalue weighted by Gasteiger charge is -2.31. The summed E-state index contributed by atoms with van der Waals surface area (Å²) in [6, 6.07) is 0. The Morgan fingerprint density at radius 1 is 1.36 bits per heavy atom. The summed E-state index contributed by atoms with van der Waals surface area (Å²) in [5.74, 6) is 0.603. The number of nitrogens with two attached hydrogens (primary N) is 1. The van der Waals surface area contributed by atoms with Gasteiger partial charge in [-0.05, 0) is 25.2 Å². The molecule has 8 nitrogen and oxygen atoms in total. The molecular formula is C13H18N6O2S. The number of piperidine rings is 1. The fourth-order valence-electron chi connectivity index (χ4n) is 2.75. The van der Waals surface area contributed by atoms with Gasteiger partial charge in [0, 0.05) is 31.7 Å². The standard InChI is InChI=1S/C13H18N6O2S/c14-13-12(15-3-4-16-13)6-10-2-1-5-19(9-10)22(20,21)11-7-17-18-8-11/h3-4,7-8,10H,1-2,5-6,9H2,(H2,14,16)(H,17,18)/t10-/m0/s1. The van der Waals surface area contributed by atoms with Crippen LogP contribution in [0.5, 0.6) is 0 Å². The molecule has 22 heavy (non-hydrogen) atoms. The van der Waals surface area contributed by atoms with Crippen LogP contribution in [0.15, 0.2) is 29.7 Å². The first-order valence-corrected chi connectivity index (χ1v) is 8.55. The fraction of sp³-hybridized carbons (Fsp3) is 0.462. The molecule has 0 spiro atoms. The maximum absolute atomic E-state index is 12.5. The second-order valence-corrected chi connectivity index (χ2v) is 7.34. The lowest BCUT2D eigenvalue weighted by Crippen LogP contribution is -2.40. The number of sulfonamides is 1. The predicted octanol–water partition coefficient (Wildman–Crippen LogP) is 0.425. The average molecular weight is 322 g/mol. The lowest BCUT2D eigenvalue weighted by atomic mass is 9.94. The number of hydrogen-bond donors (Lipinski definition) is 2. The summed E-state index contributed by atoms with van der Waals surface area (Å²) in [4.78, 5) is 8.46. The monoisotopic (exact) mass is 322 g/mol. The number of aromatic nitrogens is 4. The van der Waals surface area contributed by atoms with Gasteiger partial charge in [0.25, 0.3) is 0 Å². The quantitative estimate of drug-likeness (QED) is 0.842. The van der Waals surface area contributed by atoms with Gasteiger partial charge >= 0.3 is 0 Å². The van der Waals surface area contributed by atoms with Crippen molar-refractivity contribution in [2.75, 3.05) is 18.8 Å². The van der Waals surface area contributed by atoms with E-state index in [4.69, 9.17) is 5.73 Å². The number of nitrogens with one attached hydrogen (secondary N) is 1. The Balaban J connectivity index is 1.74. The Morgan fingerprint density at radius 2 is 2.18 bits per heavy atom. The Morgan fingerprint density at radius 3 is 2.91 bits per heavy atom. The summed E-state index contributed by atoms with van der Waals surface area (Å²) < 4.78 is 26.6. The highest BCUT2D eigenvalue weighted by Crippen LogP contribution is 2.25. The molecule has 1 fully saturated rings. The number of nitrogen functional groups attached to an aromatic ring is 1. The van der Waals surface area contributed by atoms with Crippen molar-refractivity contribution in [1.29, 1.82) is 0 Å². The molecule has 1 aliphatic heterocycles. The van der Waals surface area contributed by atoms with Crippen LogP contribution in [0.4, 0.5) is 5.82 Å². The van der Waals surface area contributed by atoms with Crippen LogP contribution in [0, 0.1) is 5.92 Å². The summed E-state index contributed by atoms with van der Waals surface area (Å²) >= 11 is 0. The molecule has 0 aliphatic carbocycles. The molecule has 0 amide bonds. The van der Waals surface area contributed by atoms with Crippen LogP contribution in [-0.4, -0.2) is 46.0 Å². The molecule has 3 heterocycles. The van der Waals surface area contributed by atoms with Gasteiger partial charge in [0.15, 0.2) is 0 Å². The first-order valence-electron chi connectivity index (χ1n) is 7.11. The van der Waals surface area contributed by atoms with Crippen molar-refractivity contribution in [2.45, 2.75) is 24.2 Å². The maximum Gasteiger partial charge on any atom is 0.246 e. The summed E-state index contributed by atoms with van der Waals surface area (Å²) in [5.41, 5.74) is 6.55. The van der Waals surface area contributed by atoms with Crippen LogP contribution in [0.3, 0.4) is 0 Å². The van der Waals surface area contributed by atoms with E-state index in [-0.39, 0.29) is 10.8 Å². The summed E-state index contributed by atoms with van der Waals surface area (Å²) in [7, 11) is -3.48. The summed E-state index contributed by atoms with van der Waals surface area (Å²) in [6.07, 6.45) is 8.30. The van der Waals surface area contributed by atoms with Crippen molar-refractivity contribution >= 4 is 15.8 Å². The zero-order valence-corrected chi connectivity index (χ0v) is 12.8. The van der Waals surface area contributed by atoms with E-state index in [1.165, 1.54) is 16.7 Å². The topological polar surface area (TPSA) is 118 Å². The SMILES string of the molecule is Nc1nccnc1C[C@@H]1CCCN(S(=O)(=O)c2cn[nH]c2)C1. The second-order valence-electron chi connectivity index (χ2n) is 5.40. The zero-order chi connectivity index (χ0) is 15.6. The maximum atomic E-state index is 12.5. The van der Waals surface area contributed by atoms with E-state index in [1.807, 2.05) is 0 Å². The summed E-state index contributed by atoms with van der Waals surface area (Å²) in [5, 5.41) is 6.26. The predicted molar refractivity (Wildman–Crippen MR) is 80.2 cm³/mol. The highest BCUT2D eigenvalue weighted by molar-refractivity contribution is 7.89. The Hall–Kier alpha value is -2.00. The molecule has 2 aromatic rings. The van der Waals surface area contributed by atoms with Crippen LogP contribution in [0.25, 0.3) is 0 Å². The normalized spacial score (nSPS) is 20.1. The van der Waals surface area contributed by atoms with E-state index in [9.17, 15) is 8.42 Å². The number of anilines is 1. The van der Waals surface area contributed by atoms with E-state index in [0.29, 0.717) is 25.3 Å². The van der Waals surface area contributed by atoms with Crippen LogP contribution < -0.4 is 5.73 Å². The van der Waals surface area contributed by atoms with Crippen molar-refractivity contribution in [3.8, 4) is 0 Å². The van der Waals surface area contributed by atoms with E-state index < -0.39 is 10.0 Å². The first kappa shape index (κ1) is 14.9. The third-order valence-corrected chi connectivity index (χ3v) is 5.71. The third kappa shape index (κ3) is 2.95. The van der Waals surface area contributed by atoms with E-state index in [0.717, 1.165) is 18.5 Å². The second kappa shape index (κ2) is 6.01. The van der Waals surface area contributed by atoms with Gasteiger partial charge in [0.2, 0.25) is 10.0 Å². The number of rotatable bonds is 4. The van der Waals surface area contributed by atoms with E-state index in [1.54, 1.807) is 12.4 Å². The van der Waals surface area contributed by atoms with Crippen LogP contribution in [-0.2, 0) is 16.4 Å². The lowest BCUT2D eigenvalue weighted by molar-refractivity contribution is 0.264. The molecular weight excluding hydrogens is 304 g/mol. The number of aromatic amines is 1. The highest BCUT2D eigenvalue weighted by Gasteiger charge is 2.31. The molecule has 0 bridgehead atoms. The average Bonchev–Trinajstić information content (AvgIpc) is 3.05. The van der Waals surface area contributed by atoms with Gasteiger partial charge in [-0.1, -0.05) is 0 Å². The minimum absolute atomic E-state index is 0.189. The van der Waals surface area contributed by atoms with Gasteiger partial charge in [0.05, 0.1) is 11.9 Å². The van der Waals surface area contributed by atoms with E-state index in [2.05, 4.69) is 20.2 Å². The third-order valence-electron chi connectivity index (χ3n) is 3.88. The van der Waals surface area contributed by atoms with Gasteiger partial charge in [-0.3, -0.25) is 10.1 Å². The molecule has 3 rings (SSSR count). The molecule has 9 heteroatoms. The van der Waals surface area contributed by atoms with E-state index >= 15 is 0 Å². The van der Waals surface area contributed by atoms with Crippen molar-refractivity contribution < 1.29 is 8.42 Å². The van der Waals surface area contributed by atoms with Crippen LogP contribution in [0.2, 0.25) is 0 Å². The van der Waals surface area contributed by atoms with Gasteiger partial charge in [-0.25, -0.2) is 13.4 Å². The van der Waals surface area contributed by atoms with Crippen molar-refractivity contribution in [3.63, 3.8) is 0 Å². The van der Waals surface area contributed by atoms with Crippen LogP contribution >= 0.6 is 0 Å². The van der Waals surface area contributed by atoms with Crippen molar-refractivity contribution in [3.05, 3.63) is 30.5 Å². The summed E-state index contributed by atoms with van der Waals surface area (Å²) in [6.45, 7) is 0.990. The molecule has 0 aromatic carbocycles. The smallest absolute Gasteiger partial charge is 0.246 e. The van der Waals surface area contributed by atoms with Gasteiger partial charge < -0.3 is 5.73 Å².